The number of nitrogens with zero attached hydrogens (tertiary/aromatic N) is 3. The first-order valence-corrected chi connectivity index (χ1v) is 13.5. The molecule has 4 aromatic rings. The molecule has 0 radical (unpaired) electrons. The van der Waals surface area contributed by atoms with Gasteiger partial charge in [0.15, 0.2) is 0 Å². The van der Waals surface area contributed by atoms with E-state index >= 15 is 0 Å². The number of rotatable bonds is 11. The van der Waals surface area contributed by atoms with Crippen molar-refractivity contribution in [1.29, 1.82) is 0 Å². The molecule has 0 spiro atoms. The summed E-state index contributed by atoms with van der Waals surface area (Å²) in [5.74, 6) is 0.410. The minimum absolute atomic E-state index is 0.116. The van der Waals surface area contributed by atoms with E-state index in [0.29, 0.717) is 35.4 Å². The molecule has 198 valence electrons. The molecule has 1 atom stereocenters. The summed E-state index contributed by atoms with van der Waals surface area (Å²) in [5, 5.41) is 0.548. The minimum Gasteiger partial charge on any atom is -0.383 e. The lowest BCUT2D eigenvalue weighted by atomic mass is 10.0. The van der Waals surface area contributed by atoms with Gasteiger partial charge in [0.25, 0.3) is 11.5 Å². The molecule has 6 heteroatoms. The van der Waals surface area contributed by atoms with Crippen LogP contribution in [-0.4, -0.2) is 40.6 Å². The highest BCUT2D eigenvalue weighted by Gasteiger charge is 2.28. The highest BCUT2D eigenvalue weighted by Crippen LogP contribution is 2.26. The van der Waals surface area contributed by atoms with Crippen LogP contribution in [-0.2, 0) is 17.6 Å². The first-order chi connectivity index (χ1) is 18.5. The number of aromatic nitrogens is 2. The lowest BCUT2D eigenvalue weighted by molar-refractivity contribution is 0.0605. The maximum Gasteiger partial charge on any atom is 0.266 e. The van der Waals surface area contributed by atoms with Crippen LogP contribution in [0.4, 0.5) is 0 Å². The molecule has 38 heavy (non-hydrogen) atoms. The molecule has 0 bridgehead atoms. The van der Waals surface area contributed by atoms with Crippen LogP contribution < -0.4 is 5.56 Å². The first-order valence-electron chi connectivity index (χ1n) is 13.5. The molecule has 1 heterocycles. The van der Waals surface area contributed by atoms with E-state index in [1.807, 2.05) is 73.7 Å². The van der Waals surface area contributed by atoms with Gasteiger partial charge >= 0.3 is 0 Å². The lowest BCUT2D eigenvalue weighted by Crippen LogP contribution is -2.39. The Labute approximate surface area is 224 Å². The van der Waals surface area contributed by atoms with Gasteiger partial charge in [0.1, 0.15) is 5.82 Å². The molecule has 0 aliphatic heterocycles. The first kappa shape index (κ1) is 27.3. The van der Waals surface area contributed by atoms with Crippen molar-refractivity contribution in [1.82, 2.24) is 14.5 Å². The number of methoxy groups -OCH3 is 1. The standard InChI is InChI=1S/C32H37N3O3/c1-5-7-12-24-17-19-26(20-18-24)31(36)34(21-22-38-4)23(3)30-33-28-15-10-9-14-27(28)32(37)35(30)29-16-11-8-13-25(29)6-2/h8-11,13-20,23H,5-7,12,21-22H2,1-4H3. The van der Waals surface area contributed by atoms with Crippen molar-refractivity contribution in [2.75, 3.05) is 20.3 Å². The number of amides is 1. The minimum atomic E-state index is -0.486. The SMILES string of the molecule is CCCCc1ccc(C(=O)N(CCOC)C(C)c2nc3ccccc3c(=O)n2-c2ccccc2CC)cc1. The molecule has 0 aliphatic carbocycles. The molecule has 0 saturated carbocycles. The van der Waals surface area contributed by atoms with Crippen molar-refractivity contribution in [3.63, 3.8) is 0 Å². The summed E-state index contributed by atoms with van der Waals surface area (Å²) in [5.41, 5.74) is 4.14. The van der Waals surface area contributed by atoms with E-state index in [1.54, 1.807) is 22.6 Å². The van der Waals surface area contributed by atoms with Gasteiger partial charge in [-0.1, -0.05) is 62.7 Å². The fourth-order valence-corrected chi connectivity index (χ4v) is 4.85. The Balaban J connectivity index is 1.83. The highest BCUT2D eigenvalue weighted by atomic mass is 16.5. The second kappa shape index (κ2) is 12.7. The van der Waals surface area contributed by atoms with Crippen molar-refractivity contribution in [2.24, 2.45) is 0 Å². The number of carbonyl (C=O) groups is 1. The predicted octanol–water partition coefficient (Wildman–Crippen LogP) is 6.14. The fourth-order valence-electron chi connectivity index (χ4n) is 4.85. The maximum absolute atomic E-state index is 13.9. The molecule has 6 nitrogen and oxygen atoms in total. The van der Waals surface area contributed by atoms with Crippen LogP contribution in [0.1, 0.15) is 67.0 Å². The highest BCUT2D eigenvalue weighted by molar-refractivity contribution is 5.94. The van der Waals surface area contributed by atoms with Gasteiger partial charge in [0.05, 0.1) is 29.2 Å². The van der Waals surface area contributed by atoms with Gasteiger partial charge in [-0.05, 0) is 67.6 Å². The smallest absolute Gasteiger partial charge is 0.266 e. The van der Waals surface area contributed by atoms with E-state index in [9.17, 15) is 9.59 Å². The Kier molecular flexibility index (Phi) is 9.08. The summed E-state index contributed by atoms with van der Waals surface area (Å²) in [6.45, 7) is 6.91. The molecule has 1 unspecified atom stereocenters. The summed E-state index contributed by atoms with van der Waals surface area (Å²) in [4.78, 5) is 34.5. The van der Waals surface area contributed by atoms with Gasteiger partial charge in [-0.25, -0.2) is 4.98 Å². The second-order valence-corrected chi connectivity index (χ2v) is 9.58. The van der Waals surface area contributed by atoms with Gasteiger partial charge in [-0.2, -0.15) is 0 Å². The Morgan fingerprint density at radius 2 is 1.71 bits per heavy atom. The molecular weight excluding hydrogens is 474 g/mol. The summed E-state index contributed by atoms with van der Waals surface area (Å²) < 4.78 is 7.06. The van der Waals surface area contributed by atoms with E-state index in [-0.39, 0.29) is 11.5 Å². The number of hydrogen-bond donors (Lipinski definition) is 0. The lowest BCUT2D eigenvalue weighted by Gasteiger charge is -2.31. The van der Waals surface area contributed by atoms with Crippen molar-refractivity contribution in [3.05, 3.63) is 106 Å². The van der Waals surface area contributed by atoms with Gasteiger partial charge in [0, 0.05) is 19.2 Å². The summed E-state index contributed by atoms with van der Waals surface area (Å²) >= 11 is 0. The van der Waals surface area contributed by atoms with E-state index in [4.69, 9.17) is 9.72 Å². The van der Waals surface area contributed by atoms with Crippen LogP contribution >= 0.6 is 0 Å². The molecule has 0 N–H and O–H groups in total. The zero-order chi connectivity index (χ0) is 27.1. The number of unbranched alkanes of at least 4 members (excludes halogenated alkanes) is 1. The van der Waals surface area contributed by atoms with E-state index in [1.165, 1.54) is 5.56 Å². The largest absolute Gasteiger partial charge is 0.383 e. The topological polar surface area (TPSA) is 64.4 Å². The number of ether oxygens (including phenoxy) is 1. The molecule has 0 fully saturated rings. The number of carbonyl (C=O) groups excluding carboxylic acids is 1. The zero-order valence-electron chi connectivity index (χ0n) is 22.8. The van der Waals surface area contributed by atoms with Crippen LogP contribution in [0.15, 0.2) is 77.6 Å². The normalized spacial score (nSPS) is 12.0. The molecule has 0 saturated heterocycles. The maximum atomic E-state index is 13.9. The van der Waals surface area contributed by atoms with Crippen LogP contribution in [0.2, 0.25) is 0 Å². The third-order valence-electron chi connectivity index (χ3n) is 7.07. The summed E-state index contributed by atoms with van der Waals surface area (Å²) in [6.07, 6.45) is 4.01. The second-order valence-electron chi connectivity index (χ2n) is 9.58. The average Bonchev–Trinajstić information content (AvgIpc) is 2.96. The predicted molar refractivity (Wildman–Crippen MR) is 153 cm³/mol. The monoisotopic (exact) mass is 511 g/mol. The summed E-state index contributed by atoms with van der Waals surface area (Å²) in [7, 11) is 1.62. The van der Waals surface area contributed by atoms with Crippen LogP contribution in [0.3, 0.4) is 0 Å². The van der Waals surface area contributed by atoms with Gasteiger partial charge in [-0.3, -0.25) is 14.2 Å². The Morgan fingerprint density at radius 3 is 2.42 bits per heavy atom. The van der Waals surface area contributed by atoms with Crippen molar-refractivity contribution in [2.45, 2.75) is 52.5 Å². The fraction of sp³-hybridized carbons (Fsp3) is 0.344. The van der Waals surface area contributed by atoms with E-state index < -0.39 is 6.04 Å². The van der Waals surface area contributed by atoms with Crippen molar-refractivity contribution in [3.8, 4) is 5.69 Å². The van der Waals surface area contributed by atoms with Crippen LogP contribution in [0.25, 0.3) is 16.6 Å². The van der Waals surface area contributed by atoms with Gasteiger partial charge in [-0.15, -0.1) is 0 Å². The summed E-state index contributed by atoms with van der Waals surface area (Å²) in [6, 6.07) is 22.6. The number of fused-ring (bicyclic) bond motifs is 1. The Hall–Kier alpha value is -3.77. The molecular formula is C32H37N3O3. The van der Waals surface area contributed by atoms with Crippen molar-refractivity contribution < 1.29 is 9.53 Å². The van der Waals surface area contributed by atoms with Gasteiger partial charge in [0.2, 0.25) is 0 Å². The van der Waals surface area contributed by atoms with Crippen molar-refractivity contribution >= 4 is 16.8 Å². The molecule has 1 amide bonds. The molecule has 1 aromatic heterocycles. The third-order valence-corrected chi connectivity index (χ3v) is 7.07. The Bertz CT molecular complexity index is 1440. The molecule has 4 rings (SSSR count). The van der Waals surface area contributed by atoms with E-state index in [2.05, 4.69) is 13.8 Å². The van der Waals surface area contributed by atoms with Gasteiger partial charge < -0.3 is 9.64 Å². The van der Waals surface area contributed by atoms with Crippen LogP contribution in [0.5, 0.6) is 0 Å². The number of benzene rings is 3. The number of aryl methyl sites for hydroxylation is 2. The third kappa shape index (κ3) is 5.70. The average molecular weight is 512 g/mol. The Morgan fingerprint density at radius 1 is 1.00 bits per heavy atom. The quantitative estimate of drug-likeness (QED) is 0.243. The zero-order valence-corrected chi connectivity index (χ0v) is 22.8. The van der Waals surface area contributed by atoms with Crippen LogP contribution in [0, 0.1) is 0 Å². The molecule has 0 aliphatic rings. The molecule has 3 aromatic carbocycles. The van der Waals surface area contributed by atoms with E-state index in [0.717, 1.165) is 36.9 Å². The number of para-hydroxylation sites is 2. The number of hydrogen-bond acceptors (Lipinski definition) is 4.